The van der Waals surface area contributed by atoms with E-state index < -0.39 is 0 Å². The molecule has 0 atom stereocenters. The normalized spacial score (nSPS) is 10.8. The second-order valence-electron chi connectivity index (χ2n) is 5.57. The van der Waals surface area contributed by atoms with E-state index in [1.807, 2.05) is 13.8 Å². The zero-order valence-corrected chi connectivity index (χ0v) is 14.1. The summed E-state index contributed by atoms with van der Waals surface area (Å²) in [6, 6.07) is 7.27. The van der Waals surface area contributed by atoms with Crippen LogP contribution in [0.4, 0.5) is 5.69 Å². The second kappa shape index (κ2) is 9.23. The molecule has 0 heterocycles. The maximum absolute atomic E-state index is 12.1. The summed E-state index contributed by atoms with van der Waals surface area (Å²) in [6.07, 6.45) is 3.51. The fraction of sp³-hybridized carbons (Fsp3) is 0.556. The molecule has 1 rings (SSSR count). The Hall–Kier alpha value is -1.84. The van der Waals surface area contributed by atoms with Gasteiger partial charge in [0.15, 0.2) is 0 Å². The van der Waals surface area contributed by atoms with Gasteiger partial charge in [-0.1, -0.05) is 27.7 Å². The fourth-order valence-corrected chi connectivity index (χ4v) is 2.37. The third-order valence-electron chi connectivity index (χ3n) is 4.09. The summed E-state index contributed by atoms with van der Waals surface area (Å²) in [5.74, 6) is 0.0173. The Kier molecular flexibility index (Phi) is 7.64. The molecule has 4 heteroatoms. The molecule has 122 valence electrons. The number of rotatable bonds is 8. The Morgan fingerprint density at radius 2 is 1.45 bits per heavy atom. The second-order valence-corrected chi connectivity index (χ2v) is 5.57. The highest BCUT2D eigenvalue weighted by atomic mass is 16.2. The smallest absolute Gasteiger partial charge is 0.251 e. The lowest BCUT2D eigenvalue weighted by Crippen LogP contribution is -2.33. The van der Waals surface area contributed by atoms with Crippen LogP contribution in [0.1, 0.15) is 63.7 Å². The Labute approximate surface area is 133 Å². The van der Waals surface area contributed by atoms with Gasteiger partial charge in [0.25, 0.3) is 5.91 Å². The summed E-state index contributed by atoms with van der Waals surface area (Å²) in [7, 11) is 0. The van der Waals surface area contributed by atoms with Crippen LogP contribution in [-0.2, 0) is 4.79 Å². The van der Waals surface area contributed by atoms with E-state index in [1.54, 1.807) is 24.3 Å². The number of carbonyl (C=O) groups excluding carboxylic acids is 2. The monoisotopic (exact) mass is 304 g/mol. The Bertz CT molecular complexity index is 474. The summed E-state index contributed by atoms with van der Waals surface area (Å²) in [6.45, 7) is 8.15. The van der Waals surface area contributed by atoms with Crippen molar-refractivity contribution in [3.8, 4) is 0 Å². The highest BCUT2D eigenvalue weighted by molar-refractivity contribution is 5.96. The van der Waals surface area contributed by atoms with Gasteiger partial charge >= 0.3 is 0 Å². The first-order valence-electron chi connectivity index (χ1n) is 8.27. The molecule has 0 aliphatic carbocycles. The fourth-order valence-electron chi connectivity index (χ4n) is 2.37. The summed E-state index contributed by atoms with van der Waals surface area (Å²) in [5.41, 5.74) is 1.35. The van der Waals surface area contributed by atoms with Gasteiger partial charge in [-0.3, -0.25) is 9.59 Å². The highest BCUT2D eigenvalue weighted by Crippen LogP contribution is 2.14. The van der Waals surface area contributed by atoms with Gasteiger partial charge < -0.3 is 10.6 Å². The minimum atomic E-state index is -0.0634. The molecule has 1 aromatic rings. The van der Waals surface area contributed by atoms with Crippen molar-refractivity contribution in [3.05, 3.63) is 29.8 Å². The minimum Gasteiger partial charge on any atom is -0.349 e. The van der Waals surface area contributed by atoms with Crippen LogP contribution in [0.5, 0.6) is 0 Å². The van der Waals surface area contributed by atoms with E-state index in [-0.39, 0.29) is 23.8 Å². The van der Waals surface area contributed by atoms with Crippen molar-refractivity contribution in [2.75, 3.05) is 5.32 Å². The predicted octanol–water partition coefficient (Wildman–Crippen LogP) is 3.98. The molecule has 0 radical (unpaired) electrons. The Morgan fingerprint density at radius 1 is 0.909 bits per heavy atom. The minimum absolute atomic E-state index is 0.0397. The number of benzene rings is 1. The van der Waals surface area contributed by atoms with Gasteiger partial charge in [-0.05, 0) is 49.9 Å². The van der Waals surface area contributed by atoms with E-state index in [0.29, 0.717) is 5.56 Å². The van der Waals surface area contributed by atoms with Crippen molar-refractivity contribution in [3.63, 3.8) is 0 Å². The number of anilines is 1. The zero-order valence-electron chi connectivity index (χ0n) is 14.1. The molecule has 4 nitrogen and oxygen atoms in total. The van der Waals surface area contributed by atoms with Crippen LogP contribution < -0.4 is 10.6 Å². The molecule has 22 heavy (non-hydrogen) atoms. The van der Waals surface area contributed by atoms with Gasteiger partial charge in [-0.25, -0.2) is 0 Å². The molecular weight excluding hydrogens is 276 g/mol. The van der Waals surface area contributed by atoms with Crippen molar-refractivity contribution >= 4 is 17.5 Å². The van der Waals surface area contributed by atoms with E-state index in [9.17, 15) is 9.59 Å². The first-order valence-corrected chi connectivity index (χ1v) is 8.27. The van der Waals surface area contributed by atoms with Gasteiger partial charge in [-0.15, -0.1) is 0 Å². The topological polar surface area (TPSA) is 58.2 Å². The molecule has 0 saturated carbocycles. The average molecular weight is 304 g/mol. The Morgan fingerprint density at radius 3 is 1.91 bits per heavy atom. The predicted molar refractivity (Wildman–Crippen MR) is 91.0 cm³/mol. The van der Waals surface area contributed by atoms with Crippen molar-refractivity contribution in [1.82, 2.24) is 5.32 Å². The summed E-state index contributed by atoms with van der Waals surface area (Å²) >= 11 is 0. The standard InChI is InChI=1S/C18H28N2O2/c1-5-13(6-2)17(21)20-16-11-9-14(10-12-16)18(22)19-15(7-3)8-4/h9-13,15H,5-8H2,1-4H3,(H,19,22)(H,20,21). The van der Waals surface area contributed by atoms with E-state index >= 15 is 0 Å². The van der Waals surface area contributed by atoms with Gasteiger partial charge in [0.2, 0.25) is 5.91 Å². The van der Waals surface area contributed by atoms with Gasteiger partial charge in [0, 0.05) is 23.2 Å². The lowest BCUT2D eigenvalue weighted by Gasteiger charge is -2.15. The van der Waals surface area contributed by atoms with E-state index in [1.165, 1.54) is 0 Å². The van der Waals surface area contributed by atoms with Crippen LogP contribution in [0.25, 0.3) is 0 Å². The first-order chi connectivity index (χ1) is 10.5. The molecule has 0 unspecified atom stereocenters. The molecule has 0 spiro atoms. The zero-order chi connectivity index (χ0) is 16.5. The van der Waals surface area contributed by atoms with Crippen LogP contribution in [-0.4, -0.2) is 17.9 Å². The summed E-state index contributed by atoms with van der Waals surface area (Å²) in [4.78, 5) is 24.1. The van der Waals surface area contributed by atoms with Gasteiger partial charge in [0.1, 0.15) is 0 Å². The van der Waals surface area contributed by atoms with Crippen LogP contribution in [0.3, 0.4) is 0 Å². The molecule has 2 amide bonds. The first kappa shape index (κ1) is 18.2. The highest BCUT2D eigenvalue weighted by Gasteiger charge is 2.14. The van der Waals surface area contributed by atoms with Crippen LogP contribution in [0.2, 0.25) is 0 Å². The number of hydrogen-bond acceptors (Lipinski definition) is 2. The van der Waals surface area contributed by atoms with Crippen LogP contribution in [0.15, 0.2) is 24.3 Å². The van der Waals surface area contributed by atoms with E-state index in [2.05, 4.69) is 24.5 Å². The number of carbonyl (C=O) groups is 2. The Balaban J connectivity index is 2.66. The van der Waals surface area contributed by atoms with E-state index in [0.717, 1.165) is 31.4 Å². The molecule has 0 aliphatic rings. The maximum Gasteiger partial charge on any atom is 0.251 e. The molecule has 0 aliphatic heterocycles. The molecule has 1 aromatic carbocycles. The maximum atomic E-state index is 12.1. The van der Waals surface area contributed by atoms with Crippen molar-refractivity contribution < 1.29 is 9.59 Å². The van der Waals surface area contributed by atoms with Gasteiger partial charge in [-0.2, -0.15) is 0 Å². The van der Waals surface area contributed by atoms with Crippen molar-refractivity contribution in [2.45, 2.75) is 59.4 Å². The summed E-state index contributed by atoms with van der Waals surface area (Å²) < 4.78 is 0. The quantitative estimate of drug-likeness (QED) is 0.763. The number of amides is 2. The molecule has 0 fully saturated rings. The van der Waals surface area contributed by atoms with Crippen LogP contribution in [0, 0.1) is 5.92 Å². The lowest BCUT2D eigenvalue weighted by molar-refractivity contribution is -0.120. The third kappa shape index (κ3) is 5.17. The largest absolute Gasteiger partial charge is 0.349 e. The number of nitrogens with one attached hydrogen (secondary N) is 2. The molecule has 0 bridgehead atoms. The molecule has 0 aromatic heterocycles. The molecule has 0 saturated heterocycles. The van der Waals surface area contributed by atoms with Crippen LogP contribution >= 0.6 is 0 Å². The van der Waals surface area contributed by atoms with E-state index in [4.69, 9.17) is 0 Å². The number of hydrogen-bond donors (Lipinski definition) is 2. The van der Waals surface area contributed by atoms with Crippen molar-refractivity contribution in [1.29, 1.82) is 0 Å². The van der Waals surface area contributed by atoms with Gasteiger partial charge in [0.05, 0.1) is 0 Å². The average Bonchev–Trinajstić information content (AvgIpc) is 2.54. The lowest BCUT2D eigenvalue weighted by atomic mass is 10.0. The molecular formula is C18H28N2O2. The molecule has 2 N–H and O–H groups in total. The SMILES string of the molecule is CCC(CC)NC(=O)c1ccc(NC(=O)C(CC)CC)cc1. The van der Waals surface area contributed by atoms with Crippen molar-refractivity contribution in [2.24, 2.45) is 5.92 Å². The summed E-state index contributed by atoms with van der Waals surface area (Å²) in [5, 5.41) is 5.91. The third-order valence-corrected chi connectivity index (χ3v) is 4.09.